The molecule has 0 aliphatic heterocycles. The number of benzene rings is 1. The Balaban J connectivity index is 2.05. The summed E-state index contributed by atoms with van der Waals surface area (Å²) in [7, 11) is 0. The molecule has 0 N–H and O–H groups in total. The van der Waals surface area contributed by atoms with Crippen LogP contribution in [0.4, 0.5) is 0 Å². The van der Waals surface area contributed by atoms with Gasteiger partial charge in [-0.3, -0.25) is 0 Å². The molecule has 19 heavy (non-hydrogen) atoms. The zero-order valence-electron chi connectivity index (χ0n) is 11.4. The topological polar surface area (TPSA) is 9.23 Å². The summed E-state index contributed by atoms with van der Waals surface area (Å²) in [4.78, 5) is 0. The summed E-state index contributed by atoms with van der Waals surface area (Å²) in [5.41, 5.74) is 1.17. The molecule has 1 aliphatic carbocycles. The van der Waals surface area contributed by atoms with Gasteiger partial charge in [0.1, 0.15) is 0 Å². The molecule has 0 saturated heterocycles. The molecule has 3 atom stereocenters. The Morgan fingerprint density at radius 2 is 2.16 bits per heavy atom. The van der Waals surface area contributed by atoms with Crippen LogP contribution in [-0.2, 0) is 4.74 Å². The SMILES string of the molecule is CCC1CCCCC1OC(CBr)c1cccc(Cl)c1. The molecule has 1 aromatic carbocycles. The maximum atomic E-state index is 6.38. The quantitative estimate of drug-likeness (QED) is 0.616. The first kappa shape index (κ1) is 15.3. The van der Waals surface area contributed by atoms with E-state index in [9.17, 15) is 0 Å². The summed E-state index contributed by atoms with van der Waals surface area (Å²) >= 11 is 9.65. The number of rotatable bonds is 5. The first-order chi connectivity index (χ1) is 9.24. The van der Waals surface area contributed by atoms with Crippen LogP contribution in [0.2, 0.25) is 5.02 Å². The Kier molecular flexibility index (Phi) is 6.18. The van der Waals surface area contributed by atoms with E-state index < -0.39 is 0 Å². The molecule has 3 unspecified atom stereocenters. The van der Waals surface area contributed by atoms with Crippen molar-refractivity contribution in [2.45, 2.75) is 51.2 Å². The van der Waals surface area contributed by atoms with Crippen LogP contribution in [-0.4, -0.2) is 11.4 Å². The lowest BCUT2D eigenvalue weighted by molar-refractivity contribution is -0.0524. The van der Waals surface area contributed by atoms with Gasteiger partial charge in [-0.2, -0.15) is 0 Å². The standard InChI is InChI=1S/C16H22BrClO/c1-2-12-6-3-4-9-15(12)19-16(11-17)13-7-5-8-14(18)10-13/h5,7-8,10,12,15-16H,2-4,6,9,11H2,1H3. The van der Waals surface area contributed by atoms with Crippen LogP contribution in [0.5, 0.6) is 0 Å². The Morgan fingerprint density at radius 3 is 2.84 bits per heavy atom. The van der Waals surface area contributed by atoms with E-state index >= 15 is 0 Å². The van der Waals surface area contributed by atoms with Gasteiger partial charge in [0.05, 0.1) is 12.2 Å². The van der Waals surface area contributed by atoms with Gasteiger partial charge in [0, 0.05) is 10.4 Å². The van der Waals surface area contributed by atoms with E-state index in [1.54, 1.807) is 0 Å². The van der Waals surface area contributed by atoms with Gasteiger partial charge in [-0.15, -0.1) is 0 Å². The van der Waals surface area contributed by atoms with Crippen molar-refractivity contribution in [1.29, 1.82) is 0 Å². The maximum absolute atomic E-state index is 6.38. The Bertz CT molecular complexity index is 396. The van der Waals surface area contributed by atoms with Gasteiger partial charge in [-0.05, 0) is 36.5 Å². The summed E-state index contributed by atoms with van der Waals surface area (Å²) in [6, 6.07) is 8.01. The summed E-state index contributed by atoms with van der Waals surface area (Å²) in [5, 5.41) is 1.60. The van der Waals surface area contributed by atoms with E-state index in [2.05, 4.69) is 28.9 Å². The lowest BCUT2D eigenvalue weighted by atomic mass is 9.84. The fraction of sp³-hybridized carbons (Fsp3) is 0.625. The predicted octanol–water partition coefficient (Wildman–Crippen LogP) is 5.76. The number of hydrogen-bond donors (Lipinski definition) is 0. The average Bonchev–Trinajstić information content (AvgIpc) is 2.45. The van der Waals surface area contributed by atoms with Gasteiger partial charge in [0.15, 0.2) is 0 Å². The molecule has 0 heterocycles. The first-order valence-corrected chi connectivity index (χ1v) is 8.71. The van der Waals surface area contributed by atoms with Crippen LogP contribution in [0.15, 0.2) is 24.3 Å². The van der Waals surface area contributed by atoms with Gasteiger partial charge in [-0.1, -0.05) is 65.8 Å². The highest BCUT2D eigenvalue weighted by molar-refractivity contribution is 9.09. The second-order valence-corrected chi connectivity index (χ2v) is 6.41. The molecule has 1 nitrogen and oxygen atoms in total. The van der Waals surface area contributed by atoms with E-state index in [-0.39, 0.29) is 6.10 Å². The molecular weight excluding hydrogens is 324 g/mol. The molecule has 106 valence electrons. The van der Waals surface area contributed by atoms with Crippen molar-refractivity contribution in [3.8, 4) is 0 Å². The molecule has 0 radical (unpaired) electrons. The van der Waals surface area contributed by atoms with Gasteiger partial charge >= 0.3 is 0 Å². The molecule has 0 spiro atoms. The highest BCUT2D eigenvalue weighted by atomic mass is 79.9. The molecule has 0 amide bonds. The Labute approximate surface area is 129 Å². The number of halogens is 2. The third kappa shape index (κ3) is 4.21. The Hall–Kier alpha value is -0.0500. The third-order valence-corrected chi connectivity index (χ3v) is 4.89. The predicted molar refractivity (Wildman–Crippen MR) is 85.1 cm³/mol. The zero-order chi connectivity index (χ0) is 13.7. The van der Waals surface area contributed by atoms with Crippen molar-refractivity contribution in [2.24, 2.45) is 5.92 Å². The van der Waals surface area contributed by atoms with Crippen LogP contribution in [0.25, 0.3) is 0 Å². The van der Waals surface area contributed by atoms with Gasteiger partial charge in [0.25, 0.3) is 0 Å². The molecule has 0 aromatic heterocycles. The van der Waals surface area contributed by atoms with E-state index in [4.69, 9.17) is 16.3 Å². The minimum Gasteiger partial charge on any atom is -0.369 e. The second-order valence-electron chi connectivity index (χ2n) is 5.33. The normalized spacial score (nSPS) is 25.2. The molecular formula is C16H22BrClO. The summed E-state index contributed by atoms with van der Waals surface area (Å²) in [6.45, 7) is 2.27. The molecule has 3 heteroatoms. The van der Waals surface area contributed by atoms with Crippen molar-refractivity contribution < 1.29 is 4.74 Å². The summed E-state index contributed by atoms with van der Waals surface area (Å²) in [6.07, 6.45) is 6.89. The lowest BCUT2D eigenvalue weighted by Gasteiger charge is -2.33. The lowest BCUT2D eigenvalue weighted by Crippen LogP contribution is -2.29. The average molecular weight is 346 g/mol. The van der Waals surface area contributed by atoms with Gasteiger partial charge in [-0.25, -0.2) is 0 Å². The van der Waals surface area contributed by atoms with E-state index in [0.29, 0.717) is 6.10 Å². The second kappa shape index (κ2) is 7.66. The van der Waals surface area contributed by atoms with Crippen LogP contribution >= 0.6 is 27.5 Å². The highest BCUT2D eigenvalue weighted by Gasteiger charge is 2.27. The molecule has 0 bridgehead atoms. The first-order valence-electron chi connectivity index (χ1n) is 7.21. The molecule has 1 aromatic rings. The van der Waals surface area contributed by atoms with Crippen LogP contribution in [0.3, 0.4) is 0 Å². The van der Waals surface area contributed by atoms with Gasteiger partial charge in [0.2, 0.25) is 0 Å². The maximum Gasteiger partial charge on any atom is 0.0926 e. The van der Waals surface area contributed by atoms with Crippen molar-refractivity contribution in [3.63, 3.8) is 0 Å². The van der Waals surface area contributed by atoms with E-state index in [0.717, 1.165) is 16.3 Å². The fourth-order valence-corrected chi connectivity index (χ4v) is 3.67. The molecule has 2 rings (SSSR count). The molecule has 1 aliphatic rings. The number of hydrogen-bond acceptors (Lipinski definition) is 1. The third-order valence-electron chi connectivity index (χ3n) is 4.06. The monoisotopic (exact) mass is 344 g/mol. The highest BCUT2D eigenvalue weighted by Crippen LogP contribution is 2.34. The summed E-state index contributed by atoms with van der Waals surface area (Å²) in [5.74, 6) is 0.717. The van der Waals surface area contributed by atoms with Crippen molar-refractivity contribution >= 4 is 27.5 Å². The number of alkyl halides is 1. The van der Waals surface area contributed by atoms with E-state index in [1.807, 2.05) is 18.2 Å². The van der Waals surface area contributed by atoms with Crippen molar-refractivity contribution in [2.75, 3.05) is 5.33 Å². The Morgan fingerprint density at radius 1 is 1.37 bits per heavy atom. The van der Waals surface area contributed by atoms with Crippen molar-refractivity contribution in [3.05, 3.63) is 34.9 Å². The van der Waals surface area contributed by atoms with Crippen LogP contribution < -0.4 is 0 Å². The largest absolute Gasteiger partial charge is 0.369 e. The van der Waals surface area contributed by atoms with Crippen molar-refractivity contribution in [1.82, 2.24) is 0 Å². The van der Waals surface area contributed by atoms with Crippen LogP contribution in [0.1, 0.15) is 50.7 Å². The molecule has 1 saturated carbocycles. The summed E-state index contributed by atoms with van der Waals surface area (Å²) < 4.78 is 6.38. The molecule has 1 fully saturated rings. The smallest absolute Gasteiger partial charge is 0.0926 e. The van der Waals surface area contributed by atoms with E-state index in [1.165, 1.54) is 37.7 Å². The minimum absolute atomic E-state index is 0.107. The van der Waals surface area contributed by atoms with Gasteiger partial charge < -0.3 is 4.74 Å². The minimum atomic E-state index is 0.107. The number of ether oxygens (including phenoxy) is 1. The fourth-order valence-electron chi connectivity index (χ4n) is 2.94. The van der Waals surface area contributed by atoms with Crippen LogP contribution in [0, 0.1) is 5.92 Å². The zero-order valence-corrected chi connectivity index (χ0v) is 13.8.